The highest BCUT2D eigenvalue weighted by Gasteiger charge is 2.25. The molecule has 0 aliphatic heterocycles. The average Bonchev–Trinajstić information content (AvgIpc) is 3.25. The quantitative estimate of drug-likeness (QED) is 0.196. The van der Waals surface area contributed by atoms with Crippen LogP contribution in [0.3, 0.4) is 0 Å². The van der Waals surface area contributed by atoms with Crippen LogP contribution in [-0.4, -0.2) is 29.0 Å². The number of non-ortho nitro benzene ring substituents is 1. The van der Waals surface area contributed by atoms with E-state index in [1.807, 2.05) is 0 Å². The highest BCUT2D eigenvalue weighted by atomic mass is 79.9. The fourth-order valence-corrected chi connectivity index (χ4v) is 4.10. The van der Waals surface area contributed by atoms with Crippen LogP contribution >= 0.6 is 39.1 Å². The lowest BCUT2D eigenvalue weighted by Gasteiger charge is -2.20. The second-order valence-electron chi connectivity index (χ2n) is 7.68. The molecule has 9 nitrogen and oxygen atoms in total. The van der Waals surface area contributed by atoms with E-state index in [1.54, 1.807) is 32.0 Å². The van der Waals surface area contributed by atoms with Crippen LogP contribution in [0.25, 0.3) is 11.3 Å². The van der Waals surface area contributed by atoms with Crippen LogP contribution in [0.15, 0.2) is 62.5 Å². The Morgan fingerprint density at radius 3 is 2.51 bits per heavy atom. The number of benzene rings is 2. The number of carbonyl (C=O) groups excluding carboxylic acids is 2. The van der Waals surface area contributed by atoms with Crippen LogP contribution in [0.2, 0.25) is 10.0 Å². The zero-order valence-corrected chi connectivity index (χ0v) is 21.5. The molecule has 3 aromatic rings. The lowest BCUT2D eigenvalue weighted by Crippen LogP contribution is -2.48. The van der Waals surface area contributed by atoms with Crippen molar-refractivity contribution < 1.29 is 18.9 Å². The van der Waals surface area contributed by atoms with Gasteiger partial charge in [-0.05, 0) is 58.2 Å². The average molecular weight is 582 g/mol. The van der Waals surface area contributed by atoms with Crippen molar-refractivity contribution in [2.24, 2.45) is 11.0 Å². The van der Waals surface area contributed by atoms with Crippen molar-refractivity contribution in [3.8, 4) is 11.3 Å². The number of nitro groups is 1. The van der Waals surface area contributed by atoms with Gasteiger partial charge in [0.05, 0.1) is 21.7 Å². The van der Waals surface area contributed by atoms with Crippen molar-refractivity contribution in [2.75, 3.05) is 0 Å². The van der Waals surface area contributed by atoms with Gasteiger partial charge in [0.2, 0.25) is 0 Å². The van der Waals surface area contributed by atoms with Gasteiger partial charge in [-0.2, -0.15) is 5.10 Å². The topological polar surface area (TPSA) is 127 Å². The Balaban J connectivity index is 1.66. The van der Waals surface area contributed by atoms with E-state index in [2.05, 4.69) is 31.8 Å². The summed E-state index contributed by atoms with van der Waals surface area (Å²) in [6.07, 6.45) is 1.30. The minimum Gasteiger partial charge on any atom is -0.455 e. The molecule has 0 saturated carbocycles. The van der Waals surface area contributed by atoms with Crippen molar-refractivity contribution in [3.63, 3.8) is 0 Å². The number of carbonyl (C=O) groups is 2. The molecule has 3 rings (SSSR count). The predicted octanol–water partition coefficient (Wildman–Crippen LogP) is 5.83. The van der Waals surface area contributed by atoms with E-state index < -0.39 is 22.8 Å². The molecule has 2 amide bonds. The van der Waals surface area contributed by atoms with Crippen LogP contribution in [-0.2, 0) is 4.79 Å². The molecule has 182 valence electrons. The zero-order valence-electron chi connectivity index (χ0n) is 18.4. The van der Waals surface area contributed by atoms with Gasteiger partial charge in [-0.1, -0.05) is 37.0 Å². The van der Waals surface area contributed by atoms with Gasteiger partial charge in [0, 0.05) is 27.2 Å². The molecular weight excluding hydrogens is 563 g/mol. The summed E-state index contributed by atoms with van der Waals surface area (Å²) in [5, 5.41) is 18.0. The van der Waals surface area contributed by atoms with E-state index >= 15 is 0 Å². The van der Waals surface area contributed by atoms with Gasteiger partial charge >= 0.3 is 0 Å². The van der Waals surface area contributed by atoms with Crippen LogP contribution in [0.5, 0.6) is 0 Å². The molecule has 1 aromatic heterocycles. The molecule has 0 fully saturated rings. The fraction of sp³-hybridized carbons (Fsp3) is 0.174. The molecule has 0 bridgehead atoms. The monoisotopic (exact) mass is 580 g/mol. The Hall–Kier alpha value is -3.21. The fourth-order valence-electron chi connectivity index (χ4n) is 3.04. The van der Waals surface area contributed by atoms with Crippen LogP contribution in [0.4, 0.5) is 5.69 Å². The summed E-state index contributed by atoms with van der Waals surface area (Å²) in [4.78, 5) is 35.7. The van der Waals surface area contributed by atoms with Gasteiger partial charge < -0.3 is 9.73 Å². The molecule has 1 unspecified atom stereocenters. The summed E-state index contributed by atoms with van der Waals surface area (Å²) in [7, 11) is 0. The third-order valence-electron chi connectivity index (χ3n) is 4.83. The van der Waals surface area contributed by atoms with Gasteiger partial charge in [0.25, 0.3) is 17.5 Å². The van der Waals surface area contributed by atoms with Gasteiger partial charge in [-0.3, -0.25) is 19.7 Å². The first kappa shape index (κ1) is 26.4. The molecule has 35 heavy (non-hydrogen) atoms. The highest BCUT2D eigenvalue weighted by molar-refractivity contribution is 9.10. The Bertz CT molecular complexity index is 1310. The Kier molecular flexibility index (Phi) is 8.66. The summed E-state index contributed by atoms with van der Waals surface area (Å²) >= 11 is 15.3. The maximum Gasteiger partial charge on any atom is 0.270 e. The first-order chi connectivity index (χ1) is 16.6. The molecule has 12 heteroatoms. The summed E-state index contributed by atoms with van der Waals surface area (Å²) in [6.45, 7) is 3.55. The number of hydrogen-bond acceptors (Lipinski definition) is 6. The summed E-state index contributed by atoms with van der Waals surface area (Å²) in [5.41, 5.74) is 3.14. The Morgan fingerprint density at radius 1 is 1.14 bits per heavy atom. The molecule has 0 radical (unpaired) electrons. The minimum absolute atomic E-state index is 0.0539. The summed E-state index contributed by atoms with van der Waals surface area (Å²) < 4.78 is 6.18. The second kappa shape index (κ2) is 11.5. The molecule has 2 N–H and O–H groups in total. The van der Waals surface area contributed by atoms with Crippen molar-refractivity contribution in [1.82, 2.24) is 10.7 Å². The molecule has 1 heterocycles. The van der Waals surface area contributed by atoms with E-state index in [9.17, 15) is 19.7 Å². The Morgan fingerprint density at radius 2 is 1.89 bits per heavy atom. The van der Waals surface area contributed by atoms with Gasteiger partial charge in [0.15, 0.2) is 0 Å². The third-order valence-corrected chi connectivity index (χ3v) is 6.04. The number of furan rings is 1. The minimum atomic E-state index is -0.880. The van der Waals surface area contributed by atoms with Gasteiger partial charge in [0.1, 0.15) is 17.6 Å². The predicted molar refractivity (Wildman–Crippen MR) is 137 cm³/mol. The second-order valence-corrected chi connectivity index (χ2v) is 9.37. The van der Waals surface area contributed by atoms with E-state index in [4.69, 9.17) is 27.6 Å². The number of nitrogens with one attached hydrogen (secondary N) is 2. The molecule has 2 aromatic carbocycles. The highest BCUT2D eigenvalue weighted by Crippen LogP contribution is 2.32. The van der Waals surface area contributed by atoms with E-state index in [1.165, 1.54) is 36.5 Å². The maximum atomic E-state index is 12.7. The number of hydrazone groups is 1. The summed E-state index contributed by atoms with van der Waals surface area (Å²) in [5.74, 6) is -0.501. The maximum absolute atomic E-state index is 12.7. The lowest BCUT2D eigenvalue weighted by atomic mass is 10.0. The van der Waals surface area contributed by atoms with E-state index in [0.29, 0.717) is 26.6 Å². The van der Waals surface area contributed by atoms with Crippen LogP contribution < -0.4 is 10.7 Å². The van der Waals surface area contributed by atoms with E-state index in [0.717, 1.165) is 0 Å². The first-order valence-corrected chi connectivity index (χ1v) is 11.7. The number of rotatable bonds is 8. The molecular formula is C23H19BrCl2N4O5. The molecule has 1 atom stereocenters. The van der Waals surface area contributed by atoms with Crippen LogP contribution in [0.1, 0.15) is 30.0 Å². The van der Waals surface area contributed by atoms with Gasteiger partial charge in [-0.25, -0.2) is 5.43 Å². The number of halogens is 3. The Labute approximate surface area is 218 Å². The SMILES string of the molecule is CC(C)C(NC(=O)c1ccc(Cl)cc1Cl)C(=O)N/N=C/c1ccc(-c2ccc([N+](=O)[O-])cc2Br)o1. The molecule has 0 spiro atoms. The van der Waals surface area contributed by atoms with Crippen molar-refractivity contribution in [3.05, 3.63) is 84.5 Å². The number of hydrogen-bond donors (Lipinski definition) is 2. The van der Waals surface area contributed by atoms with Gasteiger partial charge in [-0.15, -0.1) is 0 Å². The molecule has 0 aliphatic carbocycles. The van der Waals surface area contributed by atoms with Crippen molar-refractivity contribution in [2.45, 2.75) is 19.9 Å². The van der Waals surface area contributed by atoms with Crippen LogP contribution in [0, 0.1) is 16.0 Å². The van der Waals surface area contributed by atoms with E-state index in [-0.39, 0.29) is 22.2 Å². The first-order valence-electron chi connectivity index (χ1n) is 10.2. The lowest BCUT2D eigenvalue weighted by molar-refractivity contribution is -0.384. The smallest absolute Gasteiger partial charge is 0.270 e. The third kappa shape index (κ3) is 6.68. The van der Waals surface area contributed by atoms with Crippen molar-refractivity contribution >= 4 is 62.8 Å². The largest absolute Gasteiger partial charge is 0.455 e. The standard InChI is InChI=1S/C23H19BrCl2N4O5/c1-12(2)21(28-22(31)17-6-3-13(25)9-19(17)26)23(32)29-27-11-15-5-8-20(35-15)16-7-4-14(30(33)34)10-18(16)24/h3-12,21H,1-2H3,(H,28,31)(H,29,32)/b27-11+. The molecule has 0 aliphatic rings. The zero-order chi connectivity index (χ0) is 25.7. The normalized spacial score (nSPS) is 12.1. The number of nitrogens with zero attached hydrogens (tertiary/aromatic N) is 2. The summed E-state index contributed by atoms with van der Waals surface area (Å²) in [6, 6.07) is 11.2. The number of amides is 2. The van der Waals surface area contributed by atoms with Crippen molar-refractivity contribution in [1.29, 1.82) is 0 Å². The number of nitro benzene ring substituents is 1. The molecule has 0 saturated heterocycles.